The normalized spacial score (nSPS) is 15.0. The molecule has 0 heterocycles. The molecular formula is C19H32N6O9. The van der Waals surface area contributed by atoms with Crippen LogP contribution in [0.2, 0.25) is 0 Å². The van der Waals surface area contributed by atoms with Gasteiger partial charge in [-0.15, -0.1) is 0 Å². The summed E-state index contributed by atoms with van der Waals surface area (Å²) in [4.78, 5) is 82.3. The first-order valence-corrected chi connectivity index (χ1v) is 10.4. The predicted octanol–water partition coefficient (Wildman–Crippen LogP) is -3.49. The third-order valence-electron chi connectivity index (χ3n) is 4.85. The fourth-order valence-corrected chi connectivity index (χ4v) is 2.74. The van der Waals surface area contributed by atoms with Crippen molar-refractivity contribution >= 4 is 41.5 Å². The van der Waals surface area contributed by atoms with Crippen LogP contribution in [-0.2, 0) is 33.6 Å². The van der Waals surface area contributed by atoms with Gasteiger partial charge in [0.05, 0.1) is 18.9 Å². The molecule has 34 heavy (non-hydrogen) atoms. The van der Waals surface area contributed by atoms with Gasteiger partial charge < -0.3 is 43.4 Å². The highest BCUT2D eigenvalue weighted by molar-refractivity contribution is 5.96. The molecule has 5 atom stereocenters. The molecule has 0 saturated carbocycles. The minimum Gasteiger partial charge on any atom is -0.481 e. The Hall–Kier alpha value is -3.75. The van der Waals surface area contributed by atoms with Gasteiger partial charge in [-0.3, -0.25) is 28.8 Å². The van der Waals surface area contributed by atoms with Crippen LogP contribution in [0.5, 0.6) is 0 Å². The Morgan fingerprint density at radius 1 is 0.794 bits per heavy atom. The van der Waals surface area contributed by atoms with E-state index in [0.29, 0.717) is 6.42 Å². The van der Waals surface area contributed by atoms with Gasteiger partial charge in [0, 0.05) is 6.42 Å². The summed E-state index contributed by atoms with van der Waals surface area (Å²) in [5, 5.41) is 24.8. The molecule has 0 saturated heterocycles. The molecule has 0 rings (SSSR count). The molecule has 0 fully saturated rings. The second-order valence-electron chi connectivity index (χ2n) is 7.71. The van der Waals surface area contributed by atoms with Gasteiger partial charge >= 0.3 is 11.9 Å². The van der Waals surface area contributed by atoms with Gasteiger partial charge in [-0.25, -0.2) is 4.79 Å². The van der Waals surface area contributed by atoms with E-state index in [1.165, 1.54) is 0 Å². The van der Waals surface area contributed by atoms with E-state index in [4.69, 9.17) is 22.3 Å². The number of hydrogen-bond donors (Lipinski definition) is 8. The van der Waals surface area contributed by atoms with Crippen molar-refractivity contribution in [3.8, 4) is 0 Å². The Morgan fingerprint density at radius 3 is 1.74 bits per heavy atom. The van der Waals surface area contributed by atoms with E-state index in [9.17, 15) is 38.7 Å². The van der Waals surface area contributed by atoms with Crippen LogP contribution in [0.15, 0.2) is 0 Å². The van der Waals surface area contributed by atoms with E-state index in [1.807, 2.05) is 0 Å². The predicted molar refractivity (Wildman–Crippen MR) is 115 cm³/mol. The van der Waals surface area contributed by atoms with E-state index in [1.54, 1.807) is 13.8 Å². The highest BCUT2D eigenvalue weighted by Gasteiger charge is 2.33. The van der Waals surface area contributed by atoms with Crippen LogP contribution in [0.3, 0.4) is 0 Å². The molecule has 0 aromatic heterocycles. The summed E-state index contributed by atoms with van der Waals surface area (Å²) in [6.45, 7) is 3.28. The number of carbonyl (C=O) groups is 7. The molecule has 0 radical (unpaired) electrons. The Morgan fingerprint density at radius 2 is 1.29 bits per heavy atom. The van der Waals surface area contributed by atoms with Crippen LogP contribution < -0.4 is 33.2 Å². The quantitative estimate of drug-likeness (QED) is 0.106. The van der Waals surface area contributed by atoms with Crippen molar-refractivity contribution in [3.63, 3.8) is 0 Å². The maximum absolute atomic E-state index is 12.7. The number of nitrogens with two attached hydrogens (primary N) is 3. The molecule has 0 aromatic carbocycles. The van der Waals surface area contributed by atoms with Gasteiger partial charge in [0.2, 0.25) is 29.5 Å². The number of rotatable bonds is 16. The Labute approximate surface area is 195 Å². The lowest BCUT2D eigenvalue weighted by molar-refractivity contribution is -0.144. The zero-order valence-corrected chi connectivity index (χ0v) is 18.9. The number of aliphatic carboxylic acids is 2. The molecule has 5 amide bonds. The summed E-state index contributed by atoms with van der Waals surface area (Å²) in [7, 11) is 0. The van der Waals surface area contributed by atoms with Crippen LogP contribution in [0.1, 0.15) is 46.0 Å². The molecule has 5 unspecified atom stereocenters. The third-order valence-corrected chi connectivity index (χ3v) is 4.85. The second kappa shape index (κ2) is 14.4. The Balaban J connectivity index is 5.64. The topological polar surface area (TPSA) is 274 Å². The summed E-state index contributed by atoms with van der Waals surface area (Å²) in [5.41, 5.74) is 15.6. The van der Waals surface area contributed by atoms with E-state index < -0.39 is 97.2 Å². The zero-order chi connectivity index (χ0) is 26.6. The number of nitrogens with one attached hydrogen (secondary N) is 3. The molecule has 0 aliphatic rings. The summed E-state index contributed by atoms with van der Waals surface area (Å²) in [5.74, 6) is -8.05. The standard InChI is InChI=1S/C19H32N6O9/c1-3-8(2)15(19(33)34)25-18(32)11(7-13(22)27)24-17(31)10(4-5-14(28)29)23-16(30)9(20)6-12(21)26/h8-11,15H,3-7,20H2,1-2H3,(H2,21,26)(H2,22,27)(H,23,30)(H,24,31)(H,25,32)(H,28,29)(H,33,34). The van der Waals surface area contributed by atoms with Crippen LogP contribution in [0, 0.1) is 5.92 Å². The van der Waals surface area contributed by atoms with E-state index in [0.717, 1.165) is 0 Å². The van der Waals surface area contributed by atoms with E-state index in [-0.39, 0.29) is 0 Å². The van der Waals surface area contributed by atoms with E-state index in [2.05, 4.69) is 16.0 Å². The first kappa shape index (κ1) is 30.2. The largest absolute Gasteiger partial charge is 0.481 e. The van der Waals surface area contributed by atoms with Crippen molar-refractivity contribution in [2.45, 2.75) is 70.1 Å². The fraction of sp³-hybridized carbons (Fsp3) is 0.632. The molecule has 15 heteroatoms. The molecule has 0 aliphatic carbocycles. The van der Waals surface area contributed by atoms with Gasteiger partial charge in [-0.05, 0) is 12.3 Å². The molecular weight excluding hydrogens is 456 g/mol. The molecule has 11 N–H and O–H groups in total. The molecule has 0 spiro atoms. The zero-order valence-electron chi connectivity index (χ0n) is 18.9. The first-order chi connectivity index (χ1) is 15.7. The van der Waals surface area contributed by atoms with Crippen LogP contribution in [-0.4, -0.2) is 75.9 Å². The monoisotopic (exact) mass is 488 g/mol. The van der Waals surface area contributed by atoms with Gasteiger partial charge in [-0.2, -0.15) is 0 Å². The first-order valence-electron chi connectivity index (χ1n) is 10.4. The van der Waals surface area contributed by atoms with Crippen LogP contribution >= 0.6 is 0 Å². The van der Waals surface area contributed by atoms with Gasteiger partial charge in [0.1, 0.15) is 18.1 Å². The average molecular weight is 488 g/mol. The summed E-state index contributed by atoms with van der Waals surface area (Å²) < 4.78 is 0. The molecule has 0 aromatic rings. The third kappa shape index (κ3) is 11.2. The fourth-order valence-electron chi connectivity index (χ4n) is 2.74. The maximum atomic E-state index is 12.7. The van der Waals surface area contributed by atoms with E-state index >= 15 is 0 Å². The minimum absolute atomic E-state index is 0.402. The molecule has 192 valence electrons. The minimum atomic E-state index is -1.61. The molecule has 15 nitrogen and oxygen atoms in total. The number of amides is 5. The highest BCUT2D eigenvalue weighted by atomic mass is 16.4. The summed E-state index contributed by atoms with van der Waals surface area (Å²) >= 11 is 0. The lowest BCUT2D eigenvalue weighted by Gasteiger charge is -2.26. The Bertz CT molecular complexity index is 803. The van der Waals surface area contributed by atoms with Gasteiger partial charge in [0.15, 0.2) is 0 Å². The Kier molecular flexibility index (Phi) is 12.8. The van der Waals surface area contributed by atoms with Gasteiger partial charge in [0.25, 0.3) is 0 Å². The number of primary amides is 2. The number of carboxylic acid groups (broad SMARTS) is 2. The van der Waals surface area contributed by atoms with Crippen LogP contribution in [0.25, 0.3) is 0 Å². The smallest absolute Gasteiger partial charge is 0.326 e. The number of carbonyl (C=O) groups excluding carboxylic acids is 5. The lowest BCUT2D eigenvalue weighted by atomic mass is 9.98. The molecule has 0 aliphatic heterocycles. The highest BCUT2D eigenvalue weighted by Crippen LogP contribution is 2.09. The number of hydrogen-bond acceptors (Lipinski definition) is 8. The van der Waals surface area contributed by atoms with Crippen molar-refractivity contribution < 1.29 is 43.8 Å². The number of carboxylic acids is 2. The van der Waals surface area contributed by atoms with Gasteiger partial charge in [-0.1, -0.05) is 20.3 Å². The van der Waals surface area contributed by atoms with Crippen molar-refractivity contribution in [1.29, 1.82) is 0 Å². The SMILES string of the molecule is CCC(C)C(NC(=O)C(CC(N)=O)NC(=O)C(CCC(=O)O)NC(=O)C(N)CC(N)=O)C(=O)O. The molecule has 0 bridgehead atoms. The van der Waals surface area contributed by atoms with Crippen LogP contribution in [0.4, 0.5) is 0 Å². The van der Waals surface area contributed by atoms with Crippen molar-refractivity contribution in [1.82, 2.24) is 16.0 Å². The maximum Gasteiger partial charge on any atom is 0.326 e. The lowest BCUT2D eigenvalue weighted by Crippen LogP contribution is -2.58. The summed E-state index contributed by atoms with van der Waals surface area (Å²) in [6, 6.07) is -5.87. The second-order valence-corrected chi connectivity index (χ2v) is 7.71. The van der Waals surface area contributed by atoms with Crippen molar-refractivity contribution in [2.24, 2.45) is 23.1 Å². The summed E-state index contributed by atoms with van der Waals surface area (Å²) in [6.07, 6.45) is -1.83. The van der Waals surface area contributed by atoms with Crippen molar-refractivity contribution in [2.75, 3.05) is 0 Å². The van der Waals surface area contributed by atoms with Crippen molar-refractivity contribution in [3.05, 3.63) is 0 Å². The average Bonchev–Trinajstić information content (AvgIpc) is 2.72.